The molecule has 6 nitrogen and oxygen atoms in total. The highest BCUT2D eigenvalue weighted by atomic mass is 16.5. The van der Waals surface area contributed by atoms with Crippen LogP contribution >= 0.6 is 0 Å². The maximum Gasteiger partial charge on any atom is 0.244 e. The fourth-order valence-electron chi connectivity index (χ4n) is 3.47. The van der Waals surface area contributed by atoms with E-state index in [0.717, 1.165) is 33.7 Å². The highest BCUT2D eigenvalue weighted by molar-refractivity contribution is 5.58. The molecule has 0 spiro atoms. The summed E-state index contributed by atoms with van der Waals surface area (Å²) in [6.07, 6.45) is 0. The molecule has 6 heteroatoms. The van der Waals surface area contributed by atoms with Gasteiger partial charge in [-0.2, -0.15) is 5.26 Å². The summed E-state index contributed by atoms with van der Waals surface area (Å²) in [5.74, 6) is 1.40. The molecule has 3 rings (SSSR count). The highest BCUT2D eigenvalue weighted by Crippen LogP contribution is 2.45. The SMILES string of the molecule is CCOc1cc(C)c([C@@H]2C(C#N)=C(N)Oc3n[nH]c(C)c32)cc1C(C)C. The molecule has 3 N–H and O–H groups in total. The van der Waals surface area contributed by atoms with Crippen molar-refractivity contribution in [2.24, 2.45) is 5.73 Å². The van der Waals surface area contributed by atoms with Gasteiger partial charge >= 0.3 is 0 Å². The Balaban J connectivity index is 2.26. The lowest BCUT2D eigenvalue weighted by atomic mass is 9.80. The lowest BCUT2D eigenvalue weighted by molar-refractivity contribution is 0.334. The van der Waals surface area contributed by atoms with Crippen molar-refractivity contribution in [2.75, 3.05) is 6.61 Å². The maximum atomic E-state index is 9.73. The number of hydrogen-bond acceptors (Lipinski definition) is 5. The molecule has 0 saturated heterocycles. The van der Waals surface area contributed by atoms with Crippen molar-refractivity contribution in [3.05, 3.63) is 51.5 Å². The zero-order valence-electron chi connectivity index (χ0n) is 15.8. The van der Waals surface area contributed by atoms with Crippen LogP contribution in [0.4, 0.5) is 0 Å². The Morgan fingerprint density at radius 1 is 1.38 bits per heavy atom. The molecule has 2 aromatic rings. The van der Waals surface area contributed by atoms with Crippen LogP contribution in [0.2, 0.25) is 0 Å². The number of aryl methyl sites for hydroxylation is 2. The molecule has 1 atom stereocenters. The average molecular weight is 352 g/mol. The van der Waals surface area contributed by atoms with E-state index in [4.69, 9.17) is 15.2 Å². The Bertz CT molecular complexity index is 919. The van der Waals surface area contributed by atoms with Gasteiger partial charge in [-0.3, -0.25) is 5.10 Å². The molecule has 1 aliphatic rings. The average Bonchev–Trinajstić information content (AvgIpc) is 2.94. The number of fused-ring (bicyclic) bond motifs is 1. The first-order chi connectivity index (χ1) is 12.4. The monoisotopic (exact) mass is 352 g/mol. The summed E-state index contributed by atoms with van der Waals surface area (Å²) in [4.78, 5) is 0. The van der Waals surface area contributed by atoms with Gasteiger partial charge in [0.15, 0.2) is 0 Å². The number of allylic oxidation sites excluding steroid dienone is 1. The molecular formula is C20H24N4O2. The third kappa shape index (κ3) is 2.80. The van der Waals surface area contributed by atoms with E-state index in [1.54, 1.807) is 0 Å². The van der Waals surface area contributed by atoms with Crippen LogP contribution in [-0.4, -0.2) is 16.8 Å². The Kier molecular flexibility index (Phi) is 4.64. The minimum Gasteiger partial charge on any atom is -0.494 e. The second-order valence-electron chi connectivity index (χ2n) is 6.83. The third-order valence-electron chi connectivity index (χ3n) is 4.76. The summed E-state index contributed by atoms with van der Waals surface area (Å²) in [5.41, 5.74) is 11.3. The molecule has 1 aromatic heterocycles. The molecule has 0 fully saturated rings. The number of ether oxygens (including phenoxy) is 2. The van der Waals surface area contributed by atoms with Gasteiger partial charge in [-0.25, -0.2) is 0 Å². The first kappa shape index (κ1) is 17.9. The van der Waals surface area contributed by atoms with Crippen LogP contribution < -0.4 is 15.2 Å². The van der Waals surface area contributed by atoms with Crippen LogP contribution in [0.5, 0.6) is 11.6 Å². The van der Waals surface area contributed by atoms with Crippen molar-refractivity contribution in [3.63, 3.8) is 0 Å². The molecule has 26 heavy (non-hydrogen) atoms. The zero-order valence-corrected chi connectivity index (χ0v) is 15.8. The molecule has 0 amide bonds. The summed E-state index contributed by atoms with van der Waals surface area (Å²) >= 11 is 0. The minimum absolute atomic E-state index is 0.107. The van der Waals surface area contributed by atoms with Gasteiger partial charge in [-0.05, 0) is 49.4 Å². The molecule has 2 heterocycles. The van der Waals surface area contributed by atoms with Crippen LogP contribution in [0.25, 0.3) is 0 Å². The first-order valence-electron chi connectivity index (χ1n) is 8.78. The lowest BCUT2D eigenvalue weighted by Crippen LogP contribution is -2.21. The normalized spacial score (nSPS) is 16.3. The van der Waals surface area contributed by atoms with E-state index in [0.29, 0.717) is 18.1 Å². The second-order valence-corrected chi connectivity index (χ2v) is 6.83. The fraction of sp³-hybridized carbons (Fsp3) is 0.400. The molecule has 0 unspecified atom stereocenters. The van der Waals surface area contributed by atoms with Crippen LogP contribution in [0.3, 0.4) is 0 Å². The van der Waals surface area contributed by atoms with E-state index in [9.17, 15) is 5.26 Å². The molecule has 0 saturated carbocycles. The van der Waals surface area contributed by atoms with E-state index in [2.05, 4.69) is 36.2 Å². The Hall–Kier alpha value is -2.94. The van der Waals surface area contributed by atoms with Crippen molar-refractivity contribution in [1.82, 2.24) is 10.2 Å². The molecule has 0 radical (unpaired) electrons. The topological polar surface area (TPSA) is 96.9 Å². The Morgan fingerprint density at radius 2 is 2.12 bits per heavy atom. The largest absolute Gasteiger partial charge is 0.494 e. The van der Waals surface area contributed by atoms with Gasteiger partial charge in [0.1, 0.15) is 17.4 Å². The van der Waals surface area contributed by atoms with Gasteiger partial charge in [0.05, 0.1) is 12.5 Å². The fourth-order valence-corrected chi connectivity index (χ4v) is 3.47. The third-order valence-corrected chi connectivity index (χ3v) is 4.76. The van der Waals surface area contributed by atoms with Crippen LogP contribution in [-0.2, 0) is 0 Å². The smallest absolute Gasteiger partial charge is 0.244 e. The summed E-state index contributed by atoms with van der Waals surface area (Å²) in [6, 6.07) is 6.40. The molecule has 1 aliphatic heterocycles. The number of hydrogen-bond donors (Lipinski definition) is 2. The quantitative estimate of drug-likeness (QED) is 0.873. The number of aromatic amines is 1. The summed E-state index contributed by atoms with van der Waals surface area (Å²) in [7, 11) is 0. The molecular weight excluding hydrogens is 328 g/mol. The summed E-state index contributed by atoms with van der Waals surface area (Å²) in [6.45, 7) is 10.8. The van der Waals surface area contributed by atoms with Gasteiger partial charge < -0.3 is 15.2 Å². The number of benzene rings is 1. The zero-order chi connectivity index (χ0) is 19.0. The summed E-state index contributed by atoms with van der Waals surface area (Å²) in [5, 5.41) is 16.9. The molecule has 136 valence electrons. The molecule has 0 bridgehead atoms. The van der Waals surface area contributed by atoms with Gasteiger partial charge in [0.25, 0.3) is 0 Å². The second kappa shape index (κ2) is 6.75. The van der Waals surface area contributed by atoms with Crippen LogP contribution in [0.1, 0.15) is 60.6 Å². The lowest BCUT2D eigenvalue weighted by Gasteiger charge is -2.26. The van der Waals surface area contributed by atoms with E-state index in [1.165, 1.54) is 0 Å². The van der Waals surface area contributed by atoms with Gasteiger partial charge in [0.2, 0.25) is 11.8 Å². The number of nitrogens with one attached hydrogen (secondary N) is 1. The Labute approximate surface area is 153 Å². The van der Waals surface area contributed by atoms with Crippen molar-refractivity contribution in [2.45, 2.75) is 46.5 Å². The van der Waals surface area contributed by atoms with Gasteiger partial charge in [0, 0.05) is 11.3 Å². The standard InChI is InChI=1S/C20H24N4O2/c1-6-25-16-7-11(4)14(8-13(16)10(2)3)18-15(9-21)19(22)26-20-17(18)12(5)23-24-20/h7-8,10,18H,6,22H2,1-5H3,(H,23,24)/t18-/m1/s1. The predicted octanol–water partition coefficient (Wildman–Crippen LogP) is 3.77. The van der Waals surface area contributed by atoms with Gasteiger partial charge in [-0.15, -0.1) is 5.10 Å². The van der Waals surface area contributed by atoms with E-state index in [-0.39, 0.29) is 17.7 Å². The number of nitrogens with two attached hydrogens (primary N) is 1. The van der Waals surface area contributed by atoms with Crippen molar-refractivity contribution in [3.8, 4) is 17.7 Å². The van der Waals surface area contributed by atoms with E-state index < -0.39 is 0 Å². The van der Waals surface area contributed by atoms with Crippen molar-refractivity contribution >= 4 is 0 Å². The number of aromatic nitrogens is 2. The molecule has 1 aromatic carbocycles. The van der Waals surface area contributed by atoms with E-state index in [1.807, 2.05) is 26.8 Å². The minimum atomic E-state index is -0.310. The number of nitriles is 1. The van der Waals surface area contributed by atoms with Crippen LogP contribution in [0, 0.1) is 25.2 Å². The predicted molar refractivity (Wildman–Crippen MR) is 99.1 cm³/mol. The number of H-pyrrole nitrogens is 1. The number of rotatable bonds is 4. The van der Waals surface area contributed by atoms with Crippen molar-refractivity contribution < 1.29 is 9.47 Å². The summed E-state index contributed by atoms with van der Waals surface area (Å²) < 4.78 is 11.4. The Morgan fingerprint density at radius 3 is 2.73 bits per heavy atom. The molecule has 0 aliphatic carbocycles. The maximum absolute atomic E-state index is 9.73. The highest BCUT2D eigenvalue weighted by Gasteiger charge is 2.35. The van der Waals surface area contributed by atoms with E-state index >= 15 is 0 Å². The number of nitrogens with zero attached hydrogens (tertiary/aromatic N) is 2. The van der Waals surface area contributed by atoms with Crippen LogP contribution in [0.15, 0.2) is 23.6 Å². The first-order valence-corrected chi connectivity index (χ1v) is 8.78. The van der Waals surface area contributed by atoms with Crippen molar-refractivity contribution in [1.29, 1.82) is 5.26 Å². The van der Waals surface area contributed by atoms with Gasteiger partial charge in [-0.1, -0.05) is 19.9 Å².